The molecule has 2 N–H and O–H groups in total. The maximum absolute atomic E-state index is 13.2. The van der Waals surface area contributed by atoms with Crippen molar-refractivity contribution in [2.45, 2.75) is 32.7 Å². The lowest BCUT2D eigenvalue weighted by Crippen LogP contribution is -2.43. The highest BCUT2D eigenvalue weighted by atomic mass is 16.5. The zero-order valence-corrected chi connectivity index (χ0v) is 17.0. The predicted molar refractivity (Wildman–Crippen MR) is 112 cm³/mol. The summed E-state index contributed by atoms with van der Waals surface area (Å²) in [4.78, 5) is 28.1. The van der Waals surface area contributed by atoms with E-state index in [4.69, 9.17) is 15.2 Å². The molecule has 1 fully saturated rings. The summed E-state index contributed by atoms with van der Waals surface area (Å²) in [7, 11) is 0. The quantitative estimate of drug-likeness (QED) is 0.727. The van der Waals surface area contributed by atoms with E-state index in [2.05, 4.69) is 0 Å². The number of likely N-dealkylation sites (tertiary alicyclic amines) is 1. The summed E-state index contributed by atoms with van der Waals surface area (Å²) in [5.74, 6) is 0.775. The average Bonchev–Trinajstić information content (AvgIpc) is 2.75. The zero-order valence-electron chi connectivity index (χ0n) is 17.0. The molecule has 0 radical (unpaired) electrons. The summed E-state index contributed by atoms with van der Waals surface area (Å²) in [5, 5.41) is 0. The van der Waals surface area contributed by atoms with Crippen molar-refractivity contribution in [3.8, 4) is 11.5 Å². The van der Waals surface area contributed by atoms with E-state index in [0.29, 0.717) is 54.5 Å². The van der Waals surface area contributed by atoms with Crippen LogP contribution in [-0.4, -0.2) is 48.9 Å². The van der Waals surface area contributed by atoms with E-state index in [1.807, 2.05) is 13.8 Å². The third-order valence-electron chi connectivity index (χ3n) is 5.03. The van der Waals surface area contributed by atoms with Gasteiger partial charge in [0.25, 0.3) is 5.91 Å². The number of amides is 1. The van der Waals surface area contributed by atoms with E-state index < -0.39 is 0 Å². The third-order valence-corrected chi connectivity index (χ3v) is 5.03. The van der Waals surface area contributed by atoms with Crippen molar-refractivity contribution in [2.24, 2.45) is 5.73 Å². The number of hydrogen-bond donors (Lipinski definition) is 1. The Morgan fingerprint density at radius 2 is 1.59 bits per heavy atom. The van der Waals surface area contributed by atoms with Gasteiger partial charge in [-0.05, 0) is 51.0 Å². The molecule has 0 atom stereocenters. The molecule has 2 aromatic rings. The highest BCUT2D eigenvalue weighted by Gasteiger charge is 2.25. The fourth-order valence-electron chi connectivity index (χ4n) is 3.49. The van der Waals surface area contributed by atoms with Crippen molar-refractivity contribution in [1.29, 1.82) is 0 Å². The average molecular weight is 396 g/mol. The fraction of sp³-hybridized carbons (Fsp3) is 0.391. The largest absolute Gasteiger partial charge is 0.490 e. The van der Waals surface area contributed by atoms with Gasteiger partial charge in [0.15, 0.2) is 17.3 Å². The van der Waals surface area contributed by atoms with Crippen LogP contribution in [0.25, 0.3) is 0 Å². The number of benzene rings is 2. The number of ether oxygens (including phenoxy) is 2. The Morgan fingerprint density at radius 3 is 2.24 bits per heavy atom. The van der Waals surface area contributed by atoms with Crippen molar-refractivity contribution >= 4 is 11.7 Å². The molecule has 1 heterocycles. The van der Waals surface area contributed by atoms with Crippen molar-refractivity contribution in [3.05, 3.63) is 59.2 Å². The molecule has 0 saturated carbocycles. The van der Waals surface area contributed by atoms with Gasteiger partial charge in [0.1, 0.15) is 0 Å². The van der Waals surface area contributed by atoms with Gasteiger partial charge in [0, 0.05) is 30.3 Å². The minimum absolute atomic E-state index is 0.128. The molecule has 0 unspecified atom stereocenters. The van der Waals surface area contributed by atoms with Crippen LogP contribution in [-0.2, 0) is 0 Å². The van der Waals surface area contributed by atoms with Gasteiger partial charge in [-0.3, -0.25) is 9.59 Å². The van der Waals surface area contributed by atoms with E-state index in [0.717, 1.165) is 12.8 Å². The molecule has 154 valence electrons. The van der Waals surface area contributed by atoms with Gasteiger partial charge in [-0.1, -0.05) is 18.2 Å². The minimum Gasteiger partial charge on any atom is -0.490 e. The van der Waals surface area contributed by atoms with Crippen molar-refractivity contribution in [3.63, 3.8) is 0 Å². The van der Waals surface area contributed by atoms with Crippen LogP contribution in [0.4, 0.5) is 0 Å². The van der Waals surface area contributed by atoms with Crippen LogP contribution >= 0.6 is 0 Å². The molecule has 2 aromatic carbocycles. The summed E-state index contributed by atoms with van der Waals surface area (Å²) in [6.07, 6.45) is 1.55. The number of ketones is 1. The Hall–Kier alpha value is -2.86. The van der Waals surface area contributed by atoms with E-state index in [1.165, 1.54) is 0 Å². The first-order valence-electron chi connectivity index (χ1n) is 10.1. The third kappa shape index (κ3) is 4.77. The Bertz CT molecular complexity index is 873. The number of nitrogens with zero attached hydrogens (tertiary/aromatic N) is 1. The summed E-state index contributed by atoms with van der Waals surface area (Å²) < 4.78 is 11.2. The van der Waals surface area contributed by atoms with Crippen molar-refractivity contribution in [2.75, 3.05) is 26.3 Å². The number of nitrogens with two attached hydrogens (primary N) is 1. The Balaban J connectivity index is 1.90. The van der Waals surface area contributed by atoms with E-state index >= 15 is 0 Å². The normalized spacial score (nSPS) is 14.5. The first-order valence-corrected chi connectivity index (χ1v) is 10.1. The van der Waals surface area contributed by atoms with Gasteiger partial charge in [-0.15, -0.1) is 0 Å². The molecule has 1 saturated heterocycles. The summed E-state index contributed by atoms with van der Waals surface area (Å²) in [5.41, 5.74) is 7.21. The maximum atomic E-state index is 13.2. The first kappa shape index (κ1) is 20.9. The Labute approximate surface area is 171 Å². The molecule has 1 aliphatic heterocycles. The minimum atomic E-state index is -0.216. The van der Waals surface area contributed by atoms with Gasteiger partial charge >= 0.3 is 0 Å². The molecule has 1 aliphatic rings. The van der Waals surface area contributed by atoms with Crippen LogP contribution < -0.4 is 15.2 Å². The van der Waals surface area contributed by atoms with Gasteiger partial charge < -0.3 is 20.1 Å². The van der Waals surface area contributed by atoms with E-state index in [9.17, 15) is 9.59 Å². The lowest BCUT2D eigenvalue weighted by molar-refractivity contribution is 0.0711. The smallest absolute Gasteiger partial charge is 0.254 e. The second-order valence-corrected chi connectivity index (χ2v) is 7.03. The molecular formula is C23H28N2O4. The first-order chi connectivity index (χ1) is 14.0. The van der Waals surface area contributed by atoms with Gasteiger partial charge in [0.05, 0.1) is 18.8 Å². The monoisotopic (exact) mass is 396 g/mol. The Kier molecular flexibility index (Phi) is 6.88. The number of carbonyl (C=O) groups is 2. The lowest BCUT2D eigenvalue weighted by atomic mass is 9.96. The molecule has 6 nitrogen and oxygen atoms in total. The van der Waals surface area contributed by atoms with Crippen LogP contribution in [0.15, 0.2) is 42.5 Å². The van der Waals surface area contributed by atoms with Crippen LogP contribution in [0, 0.1) is 0 Å². The summed E-state index contributed by atoms with van der Waals surface area (Å²) >= 11 is 0. The number of hydrogen-bond acceptors (Lipinski definition) is 5. The van der Waals surface area contributed by atoms with Crippen molar-refractivity contribution < 1.29 is 19.1 Å². The van der Waals surface area contributed by atoms with Crippen molar-refractivity contribution in [1.82, 2.24) is 4.90 Å². The second kappa shape index (κ2) is 9.56. The molecule has 3 rings (SSSR count). The highest BCUT2D eigenvalue weighted by Crippen LogP contribution is 2.30. The van der Waals surface area contributed by atoms with Crippen LogP contribution in [0.5, 0.6) is 11.5 Å². The zero-order chi connectivity index (χ0) is 20.8. The second-order valence-electron chi connectivity index (χ2n) is 7.03. The lowest BCUT2D eigenvalue weighted by Gasteiger charge is -2.30. The topological polar surface area (TPSA) is 81.9 Å². The molecule has 1 amide bonds. The predicted octanol–water partition coefficient (Wildman–Crippen LogP) is 3.28. The summed E-state index contributed by atoms with van der Waals surface area (Å²) in [6, 6.07) is 12.2. The molecule has 29 heavy (non-hydrogen) atoms. The number of carbonyl (C=O) groups excluding carboxylic acids is 2. The van der Waals surface area contributed by atoms with E-state index in [-0.39, 0.29) is 17.7 Å². The SMILES string of the molecule is CCOc1ccc(C(=O)c2ccccc2C(=O)N2CCC(N)CC2)cc1OCC. The maximum Gasteiger partial charge on any atom is 0.254 e. The standard InChI is InChI=1S/C23H28N2O4/c1-3-28-20-10-9-16(15-21(20)29-4-2)22(26)18-7-5-6-8-19(18)23(27)25-13-11-17(24)12-14-25/h5-10,15,17H,3-4,11-14,24H2,1-2H3. The Morgan fingerprint density at radius 1 is 0.966 bits per heavy atom. The van der Waals surface area contributed by atoms with Gasteiger partial charge in [0.2, 0.25) is 0 Å². The highest BCUT2D eigenvalue weighted by molar-refractivity contribution is 6.15. The van der Waals surface area contributed by atoms with Crippen LogP contribution in [0.2, 0.25) is 0 Å². The molecule has 0 aliphatic carbocycles. The number of piperidine rings is 1. The molecule has 0 spiro atoms. The van der Waals surface area contributed by atoms with E-state index in [1.54, 1.807) is 47.4 Å². The number of rotatable bonds is 7. The fourth-order valence-corrected chi connectivity index (χ4v) is 3.49. The molecule has 6 heteroatoms. The van der Waals surface area contributed by atoms with Crippen LogP contribution in [0.1, 0.15) is 53.0 Å². The summed E-state index contributed by atoms with van der Waals surface area (Å²) in [6.45, 7) is 5.96. The van der Waals surface area contributed by atoms with Gasteiger partial charge in [-0.2, -0.15) is 0 Å². The molecular weight excluding hydrogens is 368 g/mol. The molecule has 0 bridgehead atoms. The van der Waals surface area contributed by atoms with Crippen LogP contribution in [0.3, 0.4) is 0 Å². The molecule has 0 aromatic heterocycles. The van der Waals surface area contributed by atoms with Gasteiger partial charge in [-0.25, -0.2) is 0 Å².